The van der Waals surface area contributed by atoms with Crippen LogP contribution in [0.3, 0.4) is 0 Å². The lowest BCUT2D eigenvalue weighted by molar-refractivity contribution is -0.127. The molecule has 0 bridgehead atoms. The molecule has 2 aromatic carbocycles. The Morgan fingerprint density at radius 1 is 1.10 bits per heavy atom. The molecule has 0 spiro atoms. The minimum atomic E-state index is -3.57. The van der Waals surface area contributed by atoms with Gasteiger partial charge in [0.05, 0.1) is 21.7 Å². The van der Waals surface area contributed by atoms with Gasteiger partial charge in [0, 0.05) is 18.6 Å². The fourth-order valence-corrected chi connectivity index (χ4v) is 5.84. The monoisotopic (exact) mass is 482 g/mol. The van der Waals surface area contributed by atoms with Gasteiger partial charge in [0.25, 0.3) is 0 Å². The van der Waals surface area contributed by atoms with E-state index in [1.807, 2.05) is 44.2 Å². The first-order valence-electron chi connectivity index (χ1n) is 10.3. The van der Waals surface area contributed by atoms with Crippen LogP contribution in [0.25, 0.3) is 0 Å². The number of rotatable bonds is 7. The third-order valence-corrected chi connectivity index (χ3v) is 7.99. The lowest BCUT2D eigenvalue weighted by Crippen LogP contribution is -2.51. The Labute approximate surface area is 194 Å². The maximum atomic E-state index is 13.0. The van der Waals surface area contributed by atoms with Gasteiger partial charge in [-0.2, -0.15) is 0 Å². The second-order valence-electron chi connectivity index (χ2n) is 8.74. The van der Waals surface area contributed by atoms with Crippen molar-refractivity contribution < 1.29 is 13.2 Å². The van der Waals surface area contributed by atoms with Crippen molar-refractivity contribution in [1.82, 2.24) is 9.62 Å². The number of nitrogens with one attached hydrogen (secondary N) is 1. The highest BCUT2D eigenvalue weighted by molar-refractivity contribution is 7.88. The summed E-state index contributed by atoms with van der Waals surface area (Å²) in [6.45, 7) is 4.58. The van der Waals surface area contributed by atoms with E-state index in [0.717, 1.165) is 5.56 Å². The lowest BCUT2D eigenvalue weighted by Gasteiger charge is -2.34. The first kappa shape index (κ1) is 24.1. The van der Waals surface area contributed by atoms with Gasteiger partial charge >= 0.3 is 0 Å². The van der Waals surface area contributed by atoms with Crippen molar-refractivity contribution in [1.29, 1.82) is 0 Å². The molecule has 0 aliphatic carbocycles. The molecule has 3 rings (SSSR count). The normalized spacial score (nSPS) is 18.0. The van der Waals surface area contributed by atoms with E-state index < -0.39 is 15.6 Å². The molecule has 1 saturated heterocycles. The Bertz CT molecular complexity index is 1030. The number of hydrogen-bond donors (Lipinski definition) is 1. The Kier molecular flexibility index (Phi) is 7.68. The molecule has 0 saturated carbocycles. The predicted molar refractivity (Wildman–Crippen MR) is 126 cm³/mol. The van der Waals surface area contributed by atoms with Gasteiger partial charge in [0.2, 0.25) is 15.9 Å². The maximum Gasteiger partial charge on any atom is 0.224 e. The second kappa shape index (κ2) is 9.90. The van der Waals surface area contributed by atoms with Crippen LogP contribution in [-0.2, 0) is 27.0 Å². The van der Waals surface area contributed by atoms with Crippen LogP contribution in [0.5, 0.6) is 0 Å². The van der Waals surface area contributed by atoms with Gasteiger partial charge < -0.3 is 5.32 Å². The number of piperidine rings is 1. The van der Waals surface area contributed by atoms with E-state index in [2.05, 4.69) is 5.32 Å². The number of nitrogens with zero attached hydrogens (tertiary/aromatic N) is 1. The topological polar surface area (TPSA) is 66.5 Å². The van der Waals surface area contributed by atoms with Gasteiger partial charge in [-0.15, -0.1) is 0 Å². The maximum absolute atomic E-state index is 13.0. The number of amides is 1. The van der Waals surface area contributed by atoms with Gasteiger partial charge in [0.15, 0.2) is 0 Å². The molecule has 31 heavy (non-hydrogen) atoms. The van der Waals surface area contributed by atoms with E-state index in [1.54, 1.807) is 18.2 Å². The van der Waals surface area contributed by atoms with E-state index >= 15 is 0 Å². The predicted octanol–water partition coefficient (Wildman–Crippen LogP) is 4.67. The van der Waals surface area contributed by atoms with Crippen LogP contribution in [0.15, 0.2) is 48.5 Å². The van der Waals surface area contributed by atoms with Crippen LogP contribution >= 0.6 is 23.2 Å². The smallest absolute Gasteiger partial charge is 0.224 e. The van der Waals surface area contributed by atoms with Crippen molar-refractivity contribution in [2.75, 3.05) is 13.1 Å². The zero-order valence-electron chi connectivity index (χ0n) is 17.8. The van der Waals surface area contributed by atoms with E-state index in [4.69, 9.17) is 23.2 Å². The zero-order chi connectivity index (χ0) is 22.6. The van der Waals surface area contributed by atoms with E-state index in [0.29, 0.717) is 41.4 Å². The summed E-state index contributed by atoms with van der Waals surface area (Å²) in [4.78, 5) is 13.0. The van der Waals surface area contributed by atoms with Crippen LogP contribution in [0.2, 0.25) is 10.0 Å². The molecule has 1 aliphatic heterocycles. The number of sulfonamides is 1. The minimum Gasteiger partial charge on any atom is -0.351 e. The van der Waals surface area contributed by atoms with Crippen molar-refractivity contribution in [3.05, 3.63) is 69.7 Å². The number of carbonyl (C=O) groups is 1. The first-order chi connectivity index (χ1) is 14.6. The molecule has 0 aromatic heterocycles. The summed E-state index contributed by atoms with van der Waals surface area (Å²) in [5, 5.41) is 3.83. The molecule has 8 heteroatoms. The molecular weight excluding hydrogens is 455 g/mol. The van der Waals surface area contributed by atoms with Crippen molar-refractivity contribution in [2.45, 2.75) is 44.4 Å². The fourth-order valence-electron chi connectivity index (χ4n) is 3.93. The Morgan fingerprint density at radius 3 is 2.48 bits per heavy atom. The molecule has 1 atom stereocenters. The summed E-state index contributed by atoms with van der Waals surface area (Å²) < 4.78 is 27.4. The minimum absolute atomic E-state index is 0.102. The van der Waals surface area contributed by atoms with Crippen LogP contribution in [0, 0.1) is 5.92 Å². The molecule has 168 valence electrons. The van der Waals surface area contributed by atoms with Gasteiger partial charge in [-0.3, -0.25) is 4.79 Å². The molecule has 1 aliphatic rings. The molecule has 0 unspecified atom stereocenters. The summed E-state index contributed by atoms with van der Waals surface area (Å²) >= 11 is 11.9. The Morgan fingerprint density at radius 2 is 1.81 bits per heavy atom. The highest BCUT2D eigenvalue weighted by Crippen LogP contribution is 2.26. The van der Waals surface area contributed by atoms with E-state index in [9.17, 15) is 13.2 Å². The third-order valence-electron chi connectivity index (χ3n) is 5.43. The first-order valence-corrected chi connectivity index (χ1v) is 12.7. The quantitative estimate of drug-likeness (QED) is 0.623. The third kappa shape index (κ3) is 6.69. The molecule has 5 nitrogen and oxygen atoms in total. The number of halogens is 2. The number of benzene rings is 2. The van der Waals surface area contributed by atoms with Gasteiger partial charge in [-0.05, 0) is 56.4 Å². The molecular formula is C23H28Cl2N2O3S. The molecule has 1 N–H and O–H groups in total. The average molecular weight is 483 g/mol. The summed E-state index contributed by atoms with van der Waals surface area (Å²) in [7, 11) is -3.57. The lowest BCUT2D eigenvalue weighted by atomic mass is 9.92. The summed E-state index contributed by atoms with van der Waals surface area (Å²) in [6, 6.07) is 14.8. The highest BCUT2D eigenvalue weighted by atomic mass is 35.5. The average Bonchev–Trinajstić information content (AvgIpc) is 2.70. The SMILES string of the molecule is CC(C)(Cc1ccccc1)NC(=O)[C@H]1CCCN(S(=O)(=O)Cc2ccc(Cl)c(Cl)c2)C1. The number of carbonyl (C=O) groups excluding carboxylic acids is 1. The van der Waals surface area contributed by atoms with Crippen LogP contribution in [0.4, 0.5) is 0 Å². The molecule has 1 amide bonds. The van der Waals surface area contributed by atoms with Crippen molar-refractivity contribution >= 4 is 39.1 Å². The standard InChI is InChI=1S/C23H28Cl2N2O3S/c1-23(2,14-17-7-4-3-5-8-17)26-22(28)19-9-6-12-27(15-19)31(29,30)16-18-10-11-20(24)21(25)13-18/h3-5,7-8,10-11,13,19H,6,9,12,14-16H2,1-2H3,(H,26,28)/t19-/m0/s1. The molecule has 0 radical (unpaired) electrons. The van der Waals surface area contributed by atoms with Gasteiger partial charge in [-0.1, -0.05) is 59.6 Å². The van der Waals surface area contributed by atoms with Crippen molar-refractivity contribution in [2.24, 2.45) is 5.92 Å². The van der Waals surface area contributed by atoms with Crippen LogP contribution in [0.1, 0.15) is 37.8 Å². The molecule has 1 fully saturated rings. The van der Waals surface area contributed by atoms with Crippen LogP contribution in [-0.4, -0.2) is 37.3 Å². The zero-order valence-corrected chi connectivity index (χ0v) is 20.1. The fraction of sp³-hybridized carbons (Fsp3) is 0.435. The van der Waals surface area contributed by atoms with E-state index in [-0.39, 0.29) is 24.1 Å². The molecule has 2 aromatic rings. The van der Waals surface area contributed by atoms with Crippen molar-refractivity contribution in [3.8, 4) is 0 Å². The summed E-state index contributed by atoms with van der Waals surface area (Å²) in [5.74, 6) is -0.639. The van der Waals surface area contributed by atoms with Crippen LogP contribution < -0.4 is 5.32 Å². The molecule has 1 heterocycles. The Balaban J connectivity index is 1.63. The highest BCUT2D eigenvalue weighted by Gasteiger charge is 2.34. The van der Waals surface area contributed by atoms with Gasteiger partial charge in [-0.25, -0.2) is 12.7 Å². The van der Waals surface area contributed by atoms with Crippen molar-refractivity contribution in [3.63, 3.8) is 0 Å². The summed E-state index contributed by atoms with van der Waals surface area (Å²) in [6.07, 6.45) is 2.02. The summed E-state index contributed by atoms with van der Waals surface area (Å²) in [5.41, 5.74) is 1.28. The van der Waals surface area contributed by atoms with E-state index in [1.165, 1.54) is 4.31 Å². The second-order valence-corrected chi connectivity index (χ2v) is 11.5. The number of hydrogen-bond acceptors (Lipinski definition) is 3. The van der Waals surface area contributed by atoms with Gasteiger partial charge in [0.1, 0.15) is 0 Å². The Hall–Kier alpha value is -1.60. The largest absolute Gasteiger partial charge is 0.351 e.